The molecule has 0 spiro atoms. The van der Waals surface area contributed by atoms with Crippen LogP contribution >= 0.6 is 0 Å². The summed E-state index contributed by atoms with van der Waals surface area (Å²) in [4.78, 5) is 12.8. The highest BCUT2D eigenvalue weighted by molar-refractivity contribution is 5.91. The quantitative estimate of drug-likeness (QED) is 0.858. The van der Waals surface area contributed by atoms with E-state index in [9.17, 15) is 13.6 Å². The number of rotatable bonds is 3. The first-order valence-corrected chi connectivity index (χ1v) is 7.06. The fourth-order valence-corrected chi connectivity index (χ4v) is 2.66. The molecule has 21 heavy (non-hydrogen) atoms. The molecule has 8 heteroatoms. The van der Waals surface area contributed by atoms with E-state index >= 15 is 0 Å². The van der Waals surface area contributed by atoms with Gasteiger partial charge in [-0.3, -0.25) is 4.79 Å². The van der Waals surface area contributed by atoms with Crippen molar-refractivity contribution in [2.45, 2.75) is 43.7 Å². The van der Waals surface area contributed by atoms with E-state index in [1.807, 2.05) is 0 Å². The maximum absolute atomic E-state index is 13.9. The molecule has 115 valence electrons. The highest BCUT2D eigenvalue weighted by Crippen LogP contribution is 2.39. The van der Waals surface area contributed by atoms with Crippen LogP contribution in [0.25, 0.3) is 0 Å². The van der Waals surface area contributed by atoms with Gasteiger partial charge in [-0.25, -0.2) is 13.5 Å². The summed E-state index contributed by atoms with van der Waals surface area (Å²) in [6, 6.07) is 2.40. The molecule has 1 aromatic rings. The lowest BCUT2D eigenvalue weighted by molar-refractivity contribution is -0.000586. The van der Waals surface area contributed by atoms with Gasteiger partial charge in [-0.1, -0.05) is 0 Å². The van der Waals surface area contributed by atoms with Crippen LogP contribution in [0.15, 0.2) is 0 Å². The molecule has 1 saturated heterocycles. The SMILES string of the molecule is NC(=O)c1[c]c(N2CCC(N)CC(F)(F)C2)n(C2CC2)n1. The van der Waals surface area contributed by atoms with Gasteiger partial charge in [0.05, 0.1) is 18.7 Å². The molecule has 1 radical (unpaired) electrons. The molecule has 2 fully saturated rings. The summed E-state index contributed by atoms with van der Waals surface area (Å²) in [5.74, 6) is -3.15. The topological polar surface area (TPSA) is 90.2 Å². The van der Waals surface area contributed by atoms with Crippen molar-refractivity contribution in [3.63, 3.8) is 0 Å². The highest BCUT2D eigenvalue weighted by Gasteiger charge is 2.39. The minimum absolute atomic E-state index is 0.00578. The molecule has 2 aliphatic rings. The molecule has 1 unspecified atom stereocenters. The third kappa shape index (κ3) is 2.99. The lowest BCUT2D eigenvalue weighted by Gasteiger charge is -2.26. The maximum Gasteiger partial charge on any atom is 0.269 e. The normalized spacial score (nSPS) is 25.7. The number of anilines is 1. The van der Waals surface area contributed by atoms with Crippen LogP contribution in [0.2, 0.25) is 0 Å². The zero-order chi connectivity index (χ0) is 15.2. The van der Waals surface area contributed by atoms with Gasteiger partial charge in [0.25, 0.3) is 11.8 Å². The Morgan fingerprint density at radius 2 is 2.10 bits per heavy atom. The van der Waals surface area contributed by atoms with Gasteiger partial charge >= 0.3 is 0 Å². The maximum atomic E-state index is 13.9. The Hall–Kier alpha value is -1.70. The smallest absolute Gasteiger partial charge is 0.269 e. The number of hydrogen-bond acceptors (Lipinski definition) is 4. The van der Waals surface area contributed by atoms with Crippen molar-refractivity contribution in [3.05, 3.63) is 11.8 Å². The van der Waals surface area contributed by atoms with Crippen molar-refractivity contribution in [3.8, 4) is 0 Å². The van der Waals surface area contributed by atoms with Gasteiger partial charge in [-0.15, -0.1) is 0 Å². The van der Waals surface area contributed by atoms with Crippen LogP contribution in [0.5, 0.6) is 0 Å². The standard InChI is InChI=1S/C13H18F2N5O/c14-13(15)6-8(16)3-4-19(7-13)11-5-10(12(17)21)18-20(11)9-1-2-9/h8-9H,1-4,6-7,16H2,(H2,17,21). The van der Waals surface area contributed by atoms with Crippen molar-refractivity contribution in [1.29, 1.82) is 0 Å². The Kier molecular flexibility index (Phi) is 3.35. The van der Waals surface area contributed by atoms with E-state index < -0.39 is 24.4 Å². The van der Waals surface area contributed by atoms with Gasteiger partial charge in [0.2, 0.25) is 0 Å². The van der Waals surface area contributed by atoms with E-state index in [0.717, 1.165) is 12.8 Å². The number of primary amides is 1. The van der Waals surface area contributed by atoms with Crippen LogP contribution in [0.1, 0.15) is 42.2 Å². The molecule has 1 atom stereocenters. The highest BCUT2D eigenvalue weighted by atomic mass is 19.3. The van der Waals surface area contributed by atoms with Crippen LogP contribution in [0.3, 0.4) is 0 Å². The van der Waals surface area contributed by atoms with Crippen LogP contribution in [0.4, 0.5) is 14.6 Å². The van der Waals surface area contributed by atoms with Gasteiger partial charge in [0, 0.05) is 19.0 Å². The molecule has 6 nitrogen and oxygen atoms in total. The number of hydrogen-bond donors (Lipinski definition) is 2. The Labute approximate surface area is 121 Å². The van der Waals surface area contributed by atoms with Gasteiger partial charge in [-0.2, -0.15) is 5.10 Å². The van der Waals surface area contributed by atoms with E-state index in [0.29, 0.717) is 18.8 Å². The molecule has 0 bridgehead atoms. The Bertz CT molecular complexity index is 555. The van der Waals surface area contributed by atoms with Crippen molar-refractivity contribution >= 4 is 11.7 Å². The first-order valence-electron chi connectivity index (χ1n) is 7.06. The second-order valence-corrected chi connectivity index (χ2v) is 5.87. The summed E-state index contributed by atoms with van der Waals surface area (Å²) in [5, 5.41) is 4.11. The molecule has 1 aliphatic heterocycles. The molecule has 0 aromatic carbocycles. The van der Waals surface area contributed by atoms with E-state index in [-0.39, 0.29) is 18.2 Å². The predicted molar refractivity (Wildman–Crippen MR) is 72.2 cm³/mol. The second-order valence-electron chi connectivity index (χ2n) is 5.87. The van der Waals surface area contributed by atoms with Crippen molar-refractivity contribution in [2.75, 3.05) is 18.0 Å². The van der Waals surface area contributed by atoms with Crippen LogP contribution in [-0.2, 0) is 0 Å². The van der Waals surface area contributed by atoms with E-state index in [1.165, 1.54) is 4.90 Å². The van der Waals surface area contributed by atoms with Crippen LogP contribution in [0, 0.1) is 6.07 Å². The number of halogens is 2. The molecule has 2 heterocycles. The molecule has 1 aromatic heterocycles. The van der Waals surface area contributed by atoms with Gasteiger partial charge in [-0.05, 0) is 19.3 Å². The minimum atomic E-state index is -2.87. The van der Waals surface area contributed by atoms with Crippen molar-refractivity contribution in [2.24, 2.45) is 11.5 Å². The first kappa shape index (κ1) is 14.2. The fraction of sp³-hybridized carbons (Fsp3) is 0.692. The zero-order valence-electron chi connectivity index (χ0n) is 11.6. The first-order chi connectivity index (χ1) is 9.85. The third-order valence-corrected chi connectivity index (χ3v) is 3.83. The number of carbonyl (C=O) groups excluding carboxylic acids is 1. The summed E-state index contributed by atoms with van der Waals surface area (Å²) < 4.78 is 29.4. The number of carbonyl (C=O) groups is 1. The monoisotopic (exact) mass is 298 g/mol. The van der Waals surface area contributed by atoms with E-state index in [1.54, 1.807) is 4.68 Å². The molecule has 1 saturated carbocycles. The average molecular weight is 298 g/mol. The Balaban J connectivity index is 1.92. The third-order valence-electron chi connectivity index (χ3n) is 3.83. The van der Waals surface area contributed by atoms with Gasteiger partial charge < -0.3 is 16.4 Å². The van der Waals surface area contributed by atoms with Gasteiger partial charge in [0.15, 0.2) is 5.69 Å². The number of nitrogens with zero attached hydrogens (tertiary/aromatic N) is 3. The number of amides is 1. The van der Waals surface area contributed by atoms with E-state index in [2.05, 4.69) is 11.2 Å². The molecular formula is C13H18F2N5O. The lowest BCUT2D eigenvalue weighted by Crippen LogP contribution is -2.37. The average Bonchev–Trinajstić information content (AvgIpc) is 3.13. The zero-order valence-corrected chi connectivity index (χ0v) is 11.6. The van der Waals surface area contributed by atoms with Crippen molar-refractivity contribution < 1.29 is 13.6 Å². The number of aromatic nitrogens is 2. The summed E-state index contributed by atoms with van der Waals surface area (Å²) in [5.41, 5.74) is 10.9. The lowest BCUT2D eigenvalue weighted by atomic mass is 10.1. The van der Waals surface area contributed by atoms with Crippen molar-refractivity contribution in [1.82, 2.24) is 9.78 Å². The number of nitrogens with two attached hydrogens (primary N) is 2. The summed E-state index contributed by atoms with van der Waals surface area (Å²) in [7, 11) is 0. The van der Waals surface area contributed by atoms with Crippen LogP contribution < -0.4 is 16.4 Å². The van der Waals surface area contributed by atoms with E-state index in [4.69, 9.17) is 11.5 Å². The fourth-order valence-electron chi connectivity index (χ4n) is 2.66. The Morgan fingerprint density at radius 3 is 2.71 bits per heavy atom. The molecule has 4 N–H and O–H groups in total. The summed E-state index contributed by atoms with van der Waals surface area (Å²) >= 11 is 0. The van der Waals surface area contributed by atoms with Gasteiger partial charge in [0.1, 0.15) is 5.82 Å². The molecular weight excluding hydrogens is 280 g/mol. The summed E-state index contributed by atoms with van der Waals surface area (Å²) in [6.45, 7) is -0.0440. The molecule has 3 rings (SSSR count). The predicted octanol–water partition coefficient (Wildman–Crippen LogP) is 0.680. The molecule has 1 aliphatic carbocycles. The van der Waals surface area contributed by atoms with Crippen LogP contribution in [-0.4, -0.2) is 40.7 Å². The Morgan fingerprint density at radius 1 is 1.38 bits per heavy atom. The minimum Gasteiger partial charge on any atom is -0.364 e. The summed E-state index contributed by atoms with van der Waals surface area (Å²) in [6.07, 6.45) is 1.98. The second kappa shape index (κ2) is 4.94. The number of alkyl halides is 2. The molecule has 1 amide bonds. The largest absolute Gasteiger partial charge is 0.364 e.